The third-order valence-corrected chi connectivity index (χ3v) is 4.89. The van der Waals surface area contributed by atoms with Crippen molar-refractivity contribution in [2.75, 3.05) is 33.3 Å². The van der Waals surface area contributed by atoms with E-state index in [-0.39, 0.29) is 41.7 Å². The number of esters is 1. The predicted molar refractivity (Wildman–Crippen MR) is 117 cm³/mol. The smallest absolute Gasteiger partial charge is 0.308 e. The van der Waals surface area contributed by atoms with Crippen molar-refractivity contribution < 1.29 is 13.9 Å². The molecule has 0 aliphatic carbocycles. The molecule has 1 aromatic carbocycles. The number of rotatable bonds is 5. The lowest BCUT2D eigenvalue weighted by molar-refractivity contribution is -0.146. The van der Waals surface area contributed by atoms with Crippen molar-refractivity contribution in [1.82, 2.24) is 10.2 Å². The van der Waals surface area contributed by atoms with Gasteiger partial charge < -0.3 is 15.0 Å². The normalized spacial score (nSPS) is 15.9. The molecule has 5 nitrogen and oxygen atoms in total. The maximum atomic E-state index is 14.1. The summed E-state index contributed by atoms with van der Waals surface area (Å²) in [6, 6.07) is 6.86. The van der Waals surface area contributed by atoms with Gasteiger partial charge in [-0.15, -0.1) is 24.0 Å². The molecule has 0 saturated carbocycles. The number of carbonyl (C=O) groups is 1. The van der Waals surface area contributed by atoms with E-state index < -0.39 is 5.41 Å². The Labute approximate surface area is 178 Å². The van der Waals surface area contributed by atoms with Crippen LogP contribution in [0.3, 0.4) is 0 Å². The Morgan fingerprint density at radius 1 is 1.33 bits per heavy atom. The Bertz CT molecular complexity index is 644. The average molecular weight is 491 g/mol. The molecule has 0 aromatic heterocycles. The Kier molecular flexibility index (Phi) is 9.49. The number of nitrogens with zero attached hydrogens (tertiary/aromatic N) is 2. The summed E-state index contributed by atoms with van der Waals surface area (Å²) in [6.07, 6.45) is 1.52. The van der Waals surface area contributed by atoms with Crippen LogP contribution in [0.15, 0.2) is 29.3 Å². The summed E-state index contributed by atoms with van der Waals surface area (Å²) >= 11 is 0. The molecule has 1 heterocycles. The van der Waals surface area contributed by atoms with Crippen molar-refractivity contribution in [1.29, 1.82) is 0 Å². The largest absolute Gasteiger partial charge is 0.469 e. The van der Waals surface area contributed by atoms with Gasteiger partial charge in [-0.3, -0.25) is 9.79 Å². The minimum absolute atomic E-state index is 0. The Balaban J connectivity index is 0.00000364. The molecule has 1 aromatic rings. The summed E-state index contributed by atoms with van der Waals surface area (Å²) in [6.45, 7) is 8.78. The zero-order chi connectivity index (χ0) is 19.2. The van der Waals surface area contributed by atoms with Crippen molar-refractivity contribution in [2.45, 2.75) is 39.0 Å². The summed E-state index contributed by atoms with van der Waals surface area (Å²) in [4.78, 5) is 18.6. The molecule has 7 heteroatoms. The molecule has 27 heavy (non-hydrogen) atoms. The van der Waals surface area contributed by atoms with Crippen molar-refractivity contribution >= 4 is 35.9 Å². The second-order valence-corrected chi connectivity index (χ2v) is 7.32. The predicted octanol–water partition coefficient (Wildman–Crippen LogP) is 3.57. The van der Waals surface area contributed by atoms with Crippen LogP contribution in [-0.2, 0) is 14.9 Å². The second kappa shape index (κ2) is 10.8. The zero-order valence-corrected chi connectivity index (χ0v) is 19.0. The van der Waals surface area contributed by atoms with E-state index >= 15 is 0 Å². The fraction of sp³-hybridized carbons (Fsp3) is 0.600. The Hall–Kier alpha value is -1.38. The van der Waals surface area contributed by atoms with Gasteiger partial charge in [-0.05, 0) is 31.4 Å². The van der Waals surface area contributed by atoms with Gasteiger partial charge in [-0.1, -0.05) is 32.0 Å². The molecular weight excluding hydrogens is 460 g/mol. The Morgan fingerprint density at radius 2 is 1.96 bits per heavy atom. The van der Waals surface area contributed by atoms with Gasteiger partial charge in [-0.25, -0.2) is 4.39 Å². The molecule has 1 aliphatic heterocycles. The van der Waals surface area contributed by atoms with Crippen LogP contribution in [0.4, 0.5) is 4.39 Å². The number of carbonyl (C=O) groups excluding carboxylic acids is 1. The molecule has 0 spiro atoms. The van der Waals surface area contributed by atoms with E-state index in [1.54, 1.807) is 6.07 Å². The van der Waals surface area contributed by atoms with Gasteiger partial charge in [0.05, 0.1) is 19.6 Å². The average Bonchev–Trinajstić information content (AvgIpc) is 2.65. The van der Waals surface area contributed by atoms with Crippen molar-refractivity contribution in [2.24, 2.45) is 10.9 Å². The van der Waals surface area contributed by atoms with Gasteiger partial charge in [0.25, 0.3) is 0 Å². The van der Waals surface area contributed by atoms with Crippen LogP contribution < -0.4 is 5.32 Å². The van der Waals surface area contributed by atoms with Gasteiger partial charge in [0.15, 0.2) is 5.96 Å². The summed E-state index contributed by atoms with van der Waals surface area (Å²) in [5.41, 5.74) is 0.264. The molecule has 1 aliphatic rings. The third kappa shape index (κ3) is 6.33. The number of guanidine groups is 1. The maximum absolute atomic E-state index is 14.1. The third-order valence-electron chi connectivity index (χ3n) is 4.89. The quantitative estimate of drug-likeness (QED) is 0.296. The van der Waals surface area contributed by atoms with E-state index in [0.29, 0.717) is 12.1 Å². The van der Waals surface area contributed by atoms with E-state index in [1.807, 2.05) is 32.9 Å². The number of nitrogens with one attached hydrogen (secondary N) is 1. The number of benzene rings is 1. The molecule has 1 fully saturated rings. The fourth-order valence-corrected chi connectivity index (χ4v) is 3.29. The topological polar surface area (TPSA) is 53.9 Å². The highest BCUT2D eigenvalue weighted by Gasteiger charge is 2.28. The van der Waals surface area contributed by atoms with E-state index in [9.17, 15) is 9.18 Å². The van der Waals surface area contributed by atoms with Crippen LogP contribution in [0.2, 0.25) is 0 Å². The van der Waals surface area contributed by atoms with E-state index in [4.69, 9.17) is 9.73 Å². The van der Waals surface area contributed by atoms with Gasteiger partial charge in [0.1, 0.15) is 5.82 Å². The van der Waals surface area contributed by atoms with Crippen molar-refractivity contribution in [3.05, 3.63) is 35.6 Å². The first-order chi connectivity index (χ1) is 12.4. The maximum Gasteiger partial charge on any atom is 0.308 e. The molecule has 1 saturated heterocycles. The number of aliphatic imine (C=N–C) groups is 1. The first-order valence-corrected chi connectivity index (χ1v) is 9.25. The van der Waals surface area contributed by atoms with Crippen LogP contribution in [0.1, 0.15) is 39.2 Å². The van der Waals surface area contributed by atoms with E-state index in [0.717, 1.165) is 38.4 Å². The summed E-state index contributed by atoms with van der Waals surface area (Å²) in [7, 11) is 1.44. The number of methoxy groups -OCH3 is 1. The van der Waals surface area contributed by atoms with Crippen molar-refractivity contribution in [3.8, 4) is 0 Å². The standard InChI is InChI=1S/C20H30FN3O2.HI/c1-5-22-19(24-12-10-15(11-13-24)18(25)26-4)23-14-20(2,3)16-8-6-7-9-17(16)21;/h6-9,15H,5,10-14H2,1-4H3,(H,22,23);1H. The molecule has 0 atom stereocenters. The van der Waals surface area contributed by atoms with Crippen LogP contribution in [0.25, 0.3) is 0 Å². The van der Waals surface area contributed by atoms with E-state index in [2.05, 4.69) is 10.2 Å². The van der Waals surface area contributed by atoms with Gasteiger partial charge in [-0.2, -0.15) is 0 Å². The number of hydrogen-bond donors (Lipinski definition) is 1. The van der Waals surface area contributed by atoms with Crippen LogP contribution in [-0.4, -0.2) is 50.1 Å². The molecule has 0 unspecified atom stereocenters. The fourth-order valence-electron chi connectivity index (χ4n) is 3.29. The number of halogens is 2. The number of ether oxygens (including phenoxy) is 1. The first kappa shape index (κ1) is 23.7. The molecule has 0 bridgehead atoms. The number of piperidine rings is 1. The minimum atomic E-state index is -0.406. The Morgan fingerprint density at radius 3 is 2.52 bits per heavy atom. The van der Waals surface area contributed by atoms with Gasteiger partial charge in [0, 0.05) is 25.0 Å². The van der Waals surface area contributed by atoms with Crippen molar-refractivity contribution in [3.63, 3.8) is 0 Å². The zero-order valence-electron chi connectivity index (χ0n) is 16.6. The molecule has 152 valence electrons. The highest BCUT2D eigenvalue weighted by Crippen LogP contribution is 2.26. The van der Waals surface area contributed by atoms with Crippen LogP contribution >= 0.6 is 24.0 Å². The monoisotopic (exact) mass is 491 g/mol. The van der Waals surface area contributed by atoms with Crippen LogP contribution in [0, 0.1) is 11.7 Å². The highest BCUT2D eigenvalue weighted by molar-refractivity contribution is 14.0. The van der Waals surface area contributed by atoms with Gasteiger partial charge >= 0.3 is 5.97 Å². The van der Waals surface area contributed by atoms with Crippen LogP contribution in [0.5, 0.6) is 0 Å². The lowest BCUT2D eigenvalue weighted by Gasteiger charge is -2.34. The molecule has 2 rings (SSSR count). The molecule has 0 amide bonds. The van der Waals surface area contributed by atoms with E-state index in [1.165, 1.54) is 13.2 Å². The second-order valence-electron chi connectivity index (χ2n) is 7.32. The summed E-state index contributed by atoms with van der Waals surface area (Å²) in [5.74, 6) is 0.457. The van der Waals surface area contributed by atoms with Gasteiger partial charge in [0.2, 0.25) is 0 Å². The summed E-state index contributed by atoms with van der Waals surface area (Å²) in [5, 5.41) is 3.32. The minimum Gasteiger partial charge on any atom is -0.469 e. The number of likely N-dealkylation sites (tertiary alicyclic amines) is 1. The molecular formula is C20H31FIN3O2. The molecule has 0 radical (unpaired) electrons. The summed E-state index contributed by atoms with van der Waals surface area (Å²) < 4.78 is 19.0. The first-order valence-electron chi connectivity index (χ1n) is 9.25. The molecule has 1 N–H and O–H groups in total. The number of hydrogen-bond acceptors (Lipinski definition) is 3. The lowest BCUT2D eigenvalue weighted by Crippen LogP contribution is -2.47. The lowest BCUT2D eigenvalue weighted by atomic mass is 9.84. The highest BCUT2D eigenvalue weighted by atomic mass is 127. The SMILES string of the molecule is CCNC(=NCC(C)(C)c1ccccc1F)N1CCC(C(=O)OC)CC1.I.